The van der Waals surface area contributed by atoms with Gasteiger partial charge in [0.25, 0.3) is 0 Å². The van der Waals surface area contributed by atoms with Crippen LogP contribution in [0.5, 0.6) is 0 Å². The zero-order valence-corrected chi connectivity index (χ0v) is 9.78. The molecule has 0 aromatic carbocycles. The molecule has 2 N–H and O–H groups in total. The smallest absolute Gasteiger partial charge is 0.0940 e. The summed E-state index contributed by atoms with van der Waals surface area (Å²) in [7, 11) is 0. The third kappa shape index (κ3) is 2.71. The number of hydrogen-bond donors (Lipinski definition) is 1. The Hall–Kier alpha value is -0.570. The monoisotopic (exact) mass is 209 g/mol. The highest BCUT2D eigenvalue weighted by molar-refractivity contribution is 5.80. The maximum absolute atomic E-state index is 5.89. The largest absolute Gasteiger partial charge is 0.387 e. The SMILES string of the molecule is CCCC(N)=NC1CCN2CCCC2C1. The van der Waals surface area contributed by atoms with Crippen LogP contribution in [0.3, 0.4) is 0 Å². The average Bonchev–Trinajstić information content (AvgIpc) is 2.65. The summed E-state index contributed by atoms with van der Waals surface area (Å²) in [4.78, 5) is 7.28. The molecule has 0 saturated carbocycles. The van der Waals surface area contributed by atoms with Gasteiger partial charge in [0, 0.05) is 19.0 Å². The van der Waals surface area contributed by atoms with Crippen LogP contribution in [0.2, 0.25) is 0 Å². The Morgan fingerprint density at radius 1 is 1.40 bits per heavy atom. The first-order valence-corrected chi connectivity index (χ1v) is 6.35. The number of hydrogen-bond acceptors (Lipinski definition) is 2. The summed E-state index contributed by atoms with van der Waals surface area (Å²) in [6, 6.07) is 1.32. The number of piperidine rings is 1. The van der Waals surface area contributed by atoms with Crippen molar-refractivity contribution in [3.8, 4) is 0 Å². The predicted octanol–water partition coefficient (Wildman–Crippen LogP) is 1.77. The third-order valence-electron chi connectivity index (χ3n) is 3.65. The van der Waals surface area contributed by atoms with Gasteiger partial charge in [0.1, 0.15) is 0 Å². The lowest BCUT2D eigenvalue weighted by Crippen LogP contribution is -2.40. The van der Waals surface area contributed by atoms with Gasteiger partial charge in [0.15, 0.2) is 0 Å². The second-order valence-electron chi connectivity index (χ2n) is 4.88. The van der Waals surface area contributed by atoms with Crippen molar-refractivity contribution in [1.29, 1.82) is 0 Å². The molecule has 2 rings (SSSR count). The molecule has 2 aliphatic heterocycles. The summed E-state index contributed by atoms with van der Waals surface area (Å²) in [5, 5.41) is 0. The molecule has 0 aromatic rings. The van der Waals surface area contributed by atoms with Crippen LogP contribution in [0.25, 0.3) is 0 Å². The normalized spacial score (nSPS) is 33.0. The summed E-state index contributed by atoms with van der Waals surface area (Å²) < 4.78 is 0. The van der Waals surface area contributed by atoms with E-state index in [2.05, 4.69) is 16.8 Å². The minimum absolute atomic E-state index is 0.510. The Morgan fingerprint density at radius 2 is 2.27 bits per heavy atom. The van der Waals surface area contributed by atoms with Crippen LogP contribution < -0.4 is 5.73 Å². The van der Waals surface area contributed by atoms with Crippen molar-refractivity contribution in [2.75, 3.05) is 13.1 Å². The molecule has 2 unspecified atom stereocenters. The lowest BCUT2D eigenvalue weighted by Gasteiger charge is -2.33. The molecule has 0 radical (unpaired) electrons. The van der Waals surface area contributed by atoms with Crippen molar-refractivity contribution in [3.63, 3.8) is 0 Å². The molecular weight excluding hydrogens is 186 g/mol. The van der Waals surface area contributed by atoms with Crippen molar-refractivity contribution in [2.24, 2.45) is 10.7 Å². The van der Waals surface area contributed by atoms with Crippen molar-refractivity contribution in [2.45, 2.75) is 57.5 Å². The van der Waals surface area contributed by atoms with E-state index in [0.29, 0.717) is 6.04 Å². The Balaban J connectivity index is 1.87. The minimum Gasteiger partial charge on any atom is -0.387 e. The molecule has 0 aliphatic carbocycles. The summed E-state index contributed by atoms with van der Waals surface area (Å²) in [6.07, 6.45) is 7.28. The number of amidine groups is 1. The van der Waals surface area contributed by atoms with E-state index in [1.54, 1.807) is 0 Å². The number of fused-ring (bicyclic) bond motifs is 1. The van der Waals surface area contributed by atoms with E-state index in [1.807, 2.05) is 0 Å². The van der Waals surface area contributed by atoms with Crippen LogP contribution in [0, 0.1) is 0 Å². The van der Waals surface area contributed by atoms with Gasteiger partial charge in [-0.2, -0.15) is 0 Å². The van der Waals surface area contributed by atoms with Crippen LogP contribution in [-0.2, 0) is 0 Å². The van der Waals surface area contributed by atoms with Crippen molar-refractivity contribution < 1.29 is 0 Å². The van der Waals surface area contributed by atoms with Crippen LogP contribution in [-0.4, -0.2) is 35.9 Å². The molecule has 3 nitrogen and oxygen atoms in total. The zero-order valence-electron chi connectivity index (χ0n) is 9.78. The quantitative estimate of drug-likeness (QED) is 0.568. The highest BCUT2D eigenvalue weighted by Gasteiger charge is 2.31. The zero-order chi connectivity index (χ0) is 10.7. The Bertz CT molecular complexity index is 237. The second kappa shape index (κ2) is 4.97. The third-order valence-corrected chi connectivity index (χ3v) is 3.65. The topological polar surface area (TPSA) is 41.6 Å². The molecule has 2 atom stereocenters. The van der Waals surface area contributed by atoms with Gasteiger partial charge in [0.2, 0.25) is 0 Å². The Morgan fingerprint density at radius 3 is 3.07 bits per heavy atom. The van der Waals surface area contributed by atoms with E-state index in [9.17, 15) is 0 Å². The molecule has 3 heteroatoms. The lowest BCUT2D eigenvalue weighted by molar-refractivity contribution is 0.182. The maximum atomic E-state index is 5.89. The molecular formula is C12H23N3. The van der Waals surface area contributed by atoms with E-state index in [0.717, 1.165) is 24.7 Å². The fraction of sp³-hybridized carbons (Fsp3) is 0.917. The van der Waals surface area contributed by atoms with E-state index >= 15 is 0 Å². The molecule has 2 saturated heterocycles. The fourth-order valence-electron chi connectivity index (χ4n) is 2.88. The van der Waals surface area contributed by atoms with Gasteiger partial charge < -0.3 is 10.6 Å². The molecule has 0 amide bonds. The molecule has 2 aliphatic rings. The predicted molar refractivity (Wildman–Crippen MR) is 64.1 cm³/mol. The van der Waals surface area contributed by atoms with Crippen LogP contribution in [0.15, 0.2) is 4.99 Å². The molecule has 2 fully saturated rings. The summed E-state index contributed by atoms with van der Waals surface area (Å²) in [5.41, 5.74) is 5.89. The van der Waals surface area contributed by atoms with E-state index in [4.69, 9.17) is 5.73 Å². The van der Waals surface area contributed by atoms with Gasteiger partial charge in [-0.25, -0.2) is 0 Å². The highest BCUT2D eigenvalue weighted by atomic mass is 15.2. The number of aliphatic imine (C=N–C) groups is 1. The van der Waals surface area contributed by atoms with E-state index in [1.165, 1.54) is 38.8 Å². The molecule has 0 bridgehead atoms. The van der Waals surface area contributed by atoms with E-state index < -0.39 is 0 Å². The average molecular weight is 209 g/mol. The summed E-state index contributed by atoms with van der Waals surface area (Å²) >= 11 is 0. The van der Waals surface area contributed by atoms with Crippen molar-refractivity contribution >= 4 is 5.84 Å². The second-order valence-corrected chi connectivity index (χ2v) is 4.88. The molecule has 15 heavy (non-hydrogen) atoms. The standard InChI is InChI=1S/C12H23N3/c1-2-4-12(13)14-10-6-8-15-7-3-5-11(15)9-10/h10-11H,2-9H2,1H3,(H2,13,14). The van der Waals surface area contributed by atoms with Gasteiger partial charge in [-0.3, -0.25) is 4.99 Å². The van der Waals surface area contributed by atoms with Gasteiger partial charge in [0.05, 0.1) is 11.9 Å². The summed E-state index contributed by atoms with van der Waals surface area (Å²) in [6.45, 7) is 4.70. The first kappa shape index (κ1) is 10.9. The Labute approximate surface area is 92.7 Å². The highest BCUT2D eigenvalue weighted by Crippen LogP contribution is 2.28. The number of rotatable bonds is 3. The molecule has 0 spiro atoms. The van der Waals surface area contributed by atoms with Crippen molar-refractivity contribution in [3.05, 3.63) is 0 Å². The van der Waals surface area contributed by atoms with Gasteiger partial charge in [-0.05, 0) is 38.6 Å². The van der Waals surface area contributed by atoms with Gasteiger partial charge in [-0.1, -0.05) is 6.92 Å². The van der Waals surface area contributed by atoms with Crippen LogP contribution in [0.4, 0.5) is 0 Å². The molecule has 86 valence electrons. The first-order chi connectivity index (χ1) is 7.29. The fourth-order valence-corrected chi connectivity index (χ4v) is 2.88. The van der Waals surface area contributed by atoms with E-state index in [-0.39, 0.29) is 0 Å². The minimum atomic E-state index is 0.510. The van der Waals surface area contributed by atoms with Crippen molar-refractivity contribution in [1.82, 2.24) is 4.90 Å². The molecule has 0 aromatic heterocycles. The lowest BCUT2D eigenvalue weighted by atomic mass is 9.98. The van der Waals surface area contributed by atoms with Gasteiger partial charge >= 0.3 is 0 Å². The van der Waals surface area contributed by atoms with Crippen LogP contribution >= 0.6 is 0 Å². The first-order valence-electron chi connectivity index (χ1n) is 6.35. The van der Waals surface area contributed by atoms with Crippen LogP contribution in [0.1, 0.15) is 45.4 Å². The number of nitrogens with zero attached hydrogens (tertiary/aromatic N) is 2. The summed E-state index contributed by atoms with van der Waals surface area (Å²) in [5.74, 6) is 0.869. The van der Waals surface area contributed by atoms with Gasteiger partial charge in [-0.15, -0.1) is 0 Å². The number of nitrogens with two attached hydrogens (primary N) is 1. The maximum Gasteiger partial charge on any atom is 0.0940 e. The molecule has 2 heterocycles. The Kier molecular flexibility index (Phi) is 3.62.